The Morgan fingerprint density at radius 1 is 1.08 bits per heavy atom. The van der Waals surface area contributed by atoms with E-state index in [4.69, 9.17) is 15.2 Å². The predicted octanol–water partition coefficient (Wildman–Crippen LogP) is 2.48. The van der Waals surface area contributed by atoms with E-state index in [1.54, 1.807) is 18.2 Å². The third-order valence-electron chi connectivity index (χ3n) is 4.11. The second kappa shape index (κ2) is 8.29. The summed E-state index contributed by atoms with van der Waals surface area (Å²) in [6, 6.07) is 6.75. The van der Waals surface area contributed by atoms with Crippen LogP contribution >= 0.6 is 24.8 Å². The Hall–Kier alpha value is -2.45. The van der Waals surface area contributed by atoms with Gasteiger partial charge in [-0.1, -0.05) is 0 Å². The molecule has 0 atom stereocenters. The van der Waals surface area contributed by atoms with Gasteiger partial charge in [0, 0.05) is 25.2 Å². The van der Waals surface area contributed by atoms with E-state index in [9.17, 15) is 4.79 Å². The number of carbonyl (C=O) groups is 1. The lowest BCUT2D eigenvalue weighted by Crippen LogP contribution is -2.21. The zero-order valence-electron chi connectivity index (χ0n) is 13.8. The van der Waals surface area contributed by atoms with Crippen LogP contribution in [-0.2, 0) is 0 Å². The normalized spacial score (nSPS) is 14.4. The van der Waals surface area contributed by atoms with Crippen molar-refractivity contribution >= 4 is 47.9 Å². The monoisotopic (exact) mass is 399 g/mol. The number of rotatable bonds is 3. The molecule has 2 aliphatic heterocycles. The van der Waals surface area contributed by atoms with E-state index >= 15 is 0 Å². The van der Waals surface area contributed by atoms with Gasteiger partial charge in [-0.05, 0) is 25.0 Å². The molecule has 1 fully saturated rings. The highest BCUT2D eigenvalue weighted by molar-refractivity contribution is 6.04. The fourth-order valence-electron chi connectivity index (χ4n) is 2.81. The molecule has 3 heterocycles. The van der Waals surface area contributed by atoms with Gasteiger partial charge in [-0.3, -0.25) is 4.79 Å². The number of anilines is 3. The Morgan fingerprint density at radius 2 is 1.77 bits per heavy atom. The van der Waals surface area contributed by atoms with Crippen LogP contribution in [0.15, 0.2) is 24.3 Å². The summed E-state index contributed by atoms with van der Waals surface area (Å²) in [5.74, 6) is 1.54. The van der Waals surface area contributed by atoms with Crippen molar-refractivity contribution in [3.05, 3.63) is 30.0 Å². The molecular weight excluding hydrogens is 381 g/mol. The number of nitrogens with two attached hydrogens (primary N) is 1. The van der Waals surface area contributed by atoms with Crippen LogP contribution in [0.4, 0.5) is 17.2 Å². The Morgan fingerprint density at radius 3 is 2.42 bits per heavy atom. The zero-order chi connectivity index (χ0) is 16.5. The summed E-state index contributed by atoms with van der Waals surface area (Å²) in [4.78, 5) is 14.5. The first kappa shape index (κ1) is 19.9. The van der Waals surface area contributed by atoms with Gasteiger partial charge in [0.15, 0.2) is 23.0 Å². The van der Waals surface area contributed by atoms with E-state index in [1.165, 1.54) is 0 Å². The quantitative estimate of drug-likeness (QED) is 0.763. The minimum absolute atomic E-state index is 0. The molecule has 0 bridgehead atoms. The molecule has 0 radical (unpaired) electrons. The average molecular weight is 400 g/mol. The number of aromatic nitrogens is 2. The zero-order valence-corrected chi connectivity index (χ0v) is 15.4. The third kappa shape index (κ3) is 3.86. The van der Waals surface area contributed by atoms with Gasteiger partial charge in [-0.15, -0.1) is 35.0 Å². The van der Waals surface area contributed by atoms with Crippen molar-refractivity contribution in [1.29, 1.82) is 0 Å². The number of hydrogen-bond acceptors (Lipinski definition) is 7. The minimum atomic E-state index is -0.374. The molecule has 26 heavy (non-hydrogen) atoms. The van der Waals surface area contributed by atoms with Crippen LogP contribution in [0.2, 0.25) is 0 Å². The van der Waals surface area contributed by atoms with E-state index in [-0.39, 0.29) is 43.2 Å². The number of halogens is 2. The van der Waals surface area contributed by atoms with E-state index < -0.39 is 0 Å². The van der Waals surface area contributed by atoms with Crippen molar-refractivity contribution in [3.63, 3.8) is 0 Å². The largest absolute Gasteiger partial charge is 0.454 e. The molecule has 0 aliphatic carbocycles. The standard InChI is InChI=1S/C16H17N5O3.2ClH/c17-10-7-13-14(24-9-23-13)8-12(10)18-16(22)11-3-4-15(20-19-11)21-5-1-2-6-21;;/h3-4,7-8H,1-2,5-6,9,17H2,(H,18,22);2*1H. The molecule has 4 rings (SSSR count). The summed E-state index contributed by atoms with van der Waals surface area (Å²) in [5.41, 5.74) is 7.02. The Labute approximate surface area is 162 Å². The van der Waals surface area contributed by atoms with E-state index in [0.29, 0.717) is 22.9 Å². The summed E-state index contributed by atoms with van der Waals surface area (Å²) in [6.45, 7) is 2.11. The van der Waals surface area contributed by atoms with Crippen molar-refractivity contribution < 1.29 is 14.3 Å². The van der Waals surface area contributed by atoms with Crippen molar-refractivity contribution in [2.45, 2.75) is 12.8 Å². The molecular formula is C16H19Cl2N5O3. The smallest absolute Gasteiger partial charge is 0.276 e. The van der Waals surface area contributed by atoms with Crippen molar-refractivity contribution in [1.82, 2.24) is 10.2 Å². The van der Waals surface area contributed by atoms with Crippen LogP contribution in [0.1, 0.15) is 23.3 Å². The topological polar surface area (TPSA) is 103 Å². The first-order valence-electron chi connectivity index (χ1n) is 7.80. The van der Waals surface area contributed by atoms with Gasteiger partial charge in [0.05, 0.1) is 11.4 Å². The lowest BCUT2D eigenvalue weighted by molar-refractivity contribution is 0.102. The number of nitrogens with one attached hydrogen (secondary N) is 1. The second-order valence-electron chi connectivity index (χ2n) is 5.72. The van der Waals surface area contributed by atoms with Gasteiger partial charge in [0.2, 0.25) is 6.79 Å². The van der Waals surface area contributed by atoms with Crippen molar-refractivity contribution in [2.75, 3.05) is 35.8 Å². The number of benzene rings is 1. The van der Waals surface area contributed by atoms with Gasteiger partial charge < -0.3 is 25.4 Å². The predicted molar refractivity (Wildman–Crippen MR) is 103 cm³/mol. The maximum Gasteiger partial charge on any atom is 0.276 e. The fraction of sp³-hybridized carbons (Fsp3) is 0.312. The maximum absolute atomic E-state index is 12.3. The molecule has 140 valence electrons. The minimum Gasteiger partial charge on any atom is -0.454 e. The van der Waals surface area contributed by atoms with E-state index in [2.05, 4.69) is 20.4 Å². The Balaban J connectivity index is 0.00000121. The van der Waals surface area contributed by atoms with Gasteiger partial charge in [0.25, 0.3) is 5.91 Å². The van der Waals surface area contributed by atoms with Crippen molar-refractivity contribution in [2.24, 2.45) is 0 Å². The Kier molecular flexibility index (Phi) is 6.33. The van der Waals surface area contributed by atoms with Crippen LogP contribution in [0.25, 0.3) is 0 Å². The fourth-order valence-corrected chi connectivity index (χ4v) is 2.81. The van der Waals surface area contributed by atoms with Gasteiger partial charge >= 0.3 is 0 Å². The lowest BCUT2D eigenvalue weighted by Gasteiger charge is -2.15. The summed E-state index contributed by atoms with van der Waals surface area (Å²) < 4.78 is 10.5. The number of hydrogen-bond donors (Lipinski definition) is 2. The van der Waals surface area contributed by atoms with Crippen LogP contribution in [-0.4, -0.2) is 36.0 Å². The number of ether oxygens (including phenoxy) is 2. The maximum atomic E-state index is 12.3. The third-order valence-corrected chi connectivity index (χ3v) is 4.11. The molecule has 10 heteroatoms. The number of fused-ring (bicyclic) bond motifs is 1. The highest BCUT2D eigenvalue weighted by atomic mass is 35.5. The molecule has 0 saturated carbocycles. The number of nitrogen functional groups attached to an aromatic ring is 1. The molecule has 1 amide bonds. The molecule has 2 aromatic rings. The van der Waals surface area contributed by atoms with Crippen LogP contribution in [0.3, 0.4) is 0 Å². The molecule has 0 unspecified atom stereocenters. The van der Waals surface area contributed by atoms with Gasteiger partial charge in [-0.25, -0.2) is 0 Å². The van der Waals surface area contributed by atoms with E-state index in [1.807, 2.05) is 6.07 Å². The number of amides is 1. The van der Waals surface area contributed by atoms with Crippen LogP contribution < -0.4 is 25.4 Å². The molecule has 0 spiro atoms. The van der Waals surface area contributed by atoms with Crippen LogP contribution in [0, 0.1) is 0 Å². The van der Waals surface area contributed by atoms with Gasteiger partial charge in [-0.2, -0.15) is 0 Å². The van der Waals surface area contributed by atoms with Crippen LogP contribution in [0.5, 0.6) is 11.5 Å². The number of nitrogens with zero attached hydrogens (tertiary/aromatic N) is 3. The summed E-state index contributed by atoms with van der Waals surface area (Å²) >= 11 is 0. The lowest BCUT2D eigenvalue weighted by atomic mass is 10.2. The SMILES string of the molecule is Cl.Cl.Nc1cc2c(cc1NC(=O)c1ccc(N3CCCC3)nn1)OCO2. The first-order valence-corrected chi connectivity index (χ1v) is 7.80. The highest BCUT2D eigenvalue weighted by Crippen LogP contribution is 2.38. The summed E-state index contributed by atoms with van der Waals surface area (Å²) in [6.07, 6.45) is 2.32. The van der Waals surface area contributed by atoms with E-state index in [0.717, 1.165) is 31.7 Å². The molecule has 2 aliphatic rings. The molecule has 1 aromatic heterocycles. The average Bonchev–Trinajstić information content (AvgIpc) is 3.26. The molecule has 1 saturated heterocycles. The molecule has 1 aromatic carbocycles. The van der Waals surface area contributed by atoms with Gasteiger partial charge in [0.1, 0.15) is 0 Å². The first-order chi connectivity index (χ1) is 11.7. The van der Waals surface area contributed by atoms with Crippen molar-refractivity contribution in [3.8, 4) is 11.5 Å². The second-order valence-corrected chi connectivity index (χ2v) is 5.72. The number of carbonyl (C=O) groups excluding carboxylic acids is 1. The summed E-state index contributed by atoms with van der Waals surface area (Å²) in [5, 5.41) is 10.9. The molecule has 3 N–H and O–H groups in total. The highest BCUT2D eigenvalue weighted by Gasteiger charge is 2.19. The molecule has 8 nitrogen and oxygen atoms in total. The summed E-state index contributed by atoms with van der Waals surface area (Å²) in [7, 11) is 0. The Bertz CT molecular complexity index is 782.